The minimum atomic E-state index is -3.91. The summed E-state index contributed by atoms with van der Waals surface area (Å²) in [4.78, 5) is 0. The molecule has 2 heteroatoms. The van der Waals surface area contributed by atoms with Crippen LogP contribution in [0.2, 0.25) is 0 Å². The van der Waals surface area contributed by atoms with Crippen LogP contribution < -0.4 is 5.06 Å². The quantitative estimate of drug-likeness (QED) is 0.852. The third-order valence-corrected chi connectivity index (χ3v) is 2.57. The molecular weight excluding hydrogens is 234 g/mol. The van der Waals surface area contributed by atoms with E-state index in [1.807, 2.05) is 0 Å². The Hall–Kier alpha value is -1.64. The van der Waals surface area contributed by atoms with Gasteiger partial charge >= 0.3 is 0 Å². The van der Waals surface area contributed by atoms with Crippen LogP contribution in [-0.4, -0.2) is 5.54 Å². The molecule has 100 valence electrons. The van der Waals surface area contributed by atoms with Crippen LogP contribution in [0.4, 0.5) is 0 Å². The summed E-state index contributed by atoms with van der Waals surface area (Å²) in [6.07, 6.45) is 0. The van der Waals surface area contributed by atoms with Gasteiger partial charge in [0.1, 0.15) is 6.04 Å². The Bertz CT molecular complexity index is 947. The minimum Gasteiger partial charge on any atom is -0.633 e. The van der Waals surface area contributed by atoms with Gasteiger partial charge in [-0.1, -0.05) is 60.5 Å². The molecule has 0 aromatic heterocycles. The SMILES string of the molecule is [2H]c1c([2H])c([2H])c(C(c2ccccc2)[NH+]([O-])C(C([2H])([2H])[2H])(C([2H])([2H])[2H])C([2H])([2H])[2H])c([2H])c1[2H]. The Morgan fingerprint density at radius 1 is 1.05 bits per heavy atom. The molecule has 2 unspecified atom stereocenters. The largest absolute Gasteiger partial charge is 0.633 e. The molecule has 0 aliphatic rings. The van der Waals surface area contributed by atoms with Gasteiger partial charge in [-0.15, -0.1) is 0 Å². The summed E-state index contributed by atoms with van der Waals surface area (Å²) in [5.41, 5.74) is -4.74. The van der Waals surface area contributed by atoms with E-state index in [9.17, 15) is 5.21 Å². The van der Waals surface area contributed by atoms with Gasteiger partial charge in [-0.05, 0) is 20.6 Å². The smallest absolute Gasteiger partial charge is 0.139 e. The van der Waals surface area contributed by atoms with Crippen molar-refractivity contribution in [3.05, 3.63) is 76.9 Å². The fourth-order valence-corrected chi connectivity index (χ4v) is 1.72. The van der Waals surface area contributed by atoms with E-state index >= 15 is 0 Å². The maximum atomic E-state index is 13.9. The highest BCUT2D eigenvalue weighted by Gasteiger charge is 2.29. The van der Waals surface area contributed by atoms with Crippen molar-refractivity contribution in [1.29, 1.82) is 0 Å². The topological polar surface area (TPSA) is 27.5 Å². The van der Waals surface area contributed by atoms with Crippen LogP contribution >= 0.6 is 0 Å². The van der Waals surface area contributed by atoms with Gasteiger partial charge in [0.2, 0.25) is 0 Å². The highest BCUT2D eigenvalue weighted by molar-refractivity contribution is 5.29. The lowest BCUT2D eigenvalue weighted by Crippen LogP contribution is -3.15. The fraction of sp³-hybridized carbons (Fsp3) is 0.294. The summed E-state index contributed by atoms with van der Waals surface area (Å²) >= 11 is 0. The number of rotatable bonds is 3. The second-order valence-electron chi connectivity index (χ2n) is 4.00. The lowest BCUT2D eigenvalue weighted by Gasteiger charge is -2.42. The van der Waals surface area contributed by atoms with E-state index in [0.29, 0.717) is 0 Å². The van der Waals surface area contributed by atoms with E-state index in [4.69, 9.17) is 19.2 Å². The molecule has 0 saturated carbocycles. The van der Waals surface area contributed by atoms with Gasteiger partial charge in [0.25, 0.3) is 0 Å². The van der Waals surface area contributed by atoms with E-state index in [1.165, 1.54) is 30.3 Å². The Morgan fingerprint density at radius 2 is 1.68 bits per heavy atom. The average Bonchev–Trinajstić information content (AvgIpc) is 2.65. The molecule has 19 heavy (non-hydrogen) atoms. The predicted molar refractivity (Wildman–Crippen MR) is 78.8 cm³/mol. The Kier molecular flexibility index (Phi) is 1.30. The Balaban J connectivity index is 3.08. The highest BCUT2D eigenvalue weighted by atomic mass is 16.5. The molecule has 0 fully saturated rings. The summed E-state index contributed by atoms with van der Waals surface area (Å²) < 4.78 is 110. The van der Waals surface area contributed by atoms with Gasteiger partial charge in [0.15, 0.2) is 0 Å². The Labute approximate surface area is 134 Å². The molecule has 0 aliphatic heterocycles. The van der Waals surface area contributed by atoms with Crippen LogP contribution in [0.1, 0.15) is 56.9 Å². The highest BCUT2D eigenvalue weighted by Crippen LogP contribution is 2.20. The first-order chi connectivity index (χ1) is 14.8. The Morgan fingerprint density at radius 3 is 2.26 bits per heavy atom. The van der Waals surface area contributed by atoms with E-state index < -0.39 is 73.0 Å². The standard InChI is InChI=1S/C17H21NO/c1-17(2,3)18(19)16(14-10-6-4-7-11-14)15-12-8-5-9-13-15/h4-13,16,18H,1-3H3/i1D3,2D3,3D3,4D,6D,7D,10D,11D. The molecule has 2 nitrogen and oxygen atoms in total. The normalized spacial score (nSPS) is 27.6. The number of quaternary nitrogens is 1. The number of hydrogen-bond donors (Lipinski definition) is 1. The van der Waals surface area contributed by atoms with Crippen molar-refractivity contribution in [2.75, 3.05) is 0 Å². The average molecular weight is 269 g/mol. The van der Waals surface area contributed by atoms with Crippen LogP contribution in [0.3, 0.4) is 0 Å². The first-order valence-electron chi connectivity index (χ1n) is 12.5. The van der Waals surface area contributed by atoms with Crippen molar-refractivity contribution in [3.63, 3.8) is 0 Å². The summed E-state index contributed by atoms with van der Waals surface area (Å²) in [7, 11) is 0. The molecule has 0 saturated heterocycles. The molecular formula is C17H21NO. The van der Waals surface area contributed by atoms with Crippen molar-refractivity contribution in [1.82, 2.24) is 0 Å². The maximum Gasteiger partial charge on any atom is 0.139 e. The summed E-state index contributed by atoms with van der Waals surface area (Å²) in [6.45, 7) is -11.6. The molecule has 2 rings (SSSR count). The number of hydroxylamine groups is 2. The van der Waals surface area contributed by atoms with Crippen molar-refractivity contribution < 1.29 is 24.3 Å². The molecule has 2 aromatic carbocycles. The van der Waals surface area contributed by atoms with Crippen LogP contribution in [0.15, 0.2) is 60.5 Å². The van der Waals surface area contributed by atoms with Gasteiger partial charge in [0.05, 0.1) is 12.4 Å². The molecule has 0 amide bonds. The third kappa shape index (κ3) is 3.22. The first kappa shape index (κ1) is 4.44. The van der Waals surface area contributed by atoms with E-state index in [-0.39, 0.29) is 5.56 Å². The zero-order valence-corrected chi connectivity index (χ0v) is 9.87. The molecule has 0 aliphatic carbocycles. The number of nitrogens with one attached hydrogen (secondary N) is 1. The summed E-state index contributed by atoms with van der Waals surface area (Å²) in [5.74, 6) is 0. The zero-order valence-electron chi connectivity index (χ0n) is 23.9. The minimum absolute atomic E-state index is 0.122. The van der Waals surface area contributed by atoms with Gasteiger partial charge in [-0.2, -0.15) is 0 Å². The van der Waals surface area contributed by atoms with Crippen LogP contribution in [-0.2, 0) is 0 Å². The van der Waals surface area contributed by atoms with Crippen LogP contribution in [0.25, 0.3) is 0 Å². The van der Waals surface area contributed by atoms with Gasteiger partial charge in [0, 0.05) is 23.5 Å². The second-order valence-corrected chi connectivity index (χ2v) is 4.00. The third-order valence-electron chi connectivity index (χ3n) is 2.57. The predicted octanol–water partition coefficient (Wildman–Crippen LogP) is 2.96. The van der Waals surface area contributed by atoms with Gasteiger partial charge in [-0.3, -0.25) is 0 Å². The lowest BCUT2D eigenvalue weighted by molar-refractivity contribution is -0.923. The van der Waals surface area contributed by atoms with Crippen molar-refractivity contribution >= 4 is 0 Å². The monoisotopic (exact) mass is 269 g/mol. The first-order valence-corrected chi connectivity index (χ1v) is 5.48. The van der Waals surface area contributed by atoms with E-state index in [1.54, 1.807) is 0 Å². The molecule has 0 heterocycles. The molecule has 2 aromatic rings. The van der Waals surface area contributed by atoms with Crippen molar-refractivity contribution in [2.45, 2.75) is 32.1 Å². The number of benzene rings is 2. The number of hydrogen-bond acceptors (Lipinski definition) is 1. The van der Waals surface area contributed by atoms with Gasteiger partial charge in [-0.25, -0.2) is 0 Å². The molecule has 0 radical (unpaired) electrons. The second kappa shape index (κ2) is 5.55. The summed E-state index contributed by atoms with van der Waals surface area (Å²) in [5, 5.41) is 12.1. The van der Waals surface area contributed by atoms with E-state index in [0.717, 1.165) is 0 Å². The van der Waals surface area contributed by atoms with Crippen molar-refractivity contribution in [2.24, 2.45) is 0 Å². The van der Waals surface area contributed by atoms with Gasteiger partial charge < -0.3 is 10.3 Å². The zero-order chi connectivity index (χ0) is 25.7. The fourth-order valence-electron chi connectivity index (χ4n) is 1.72. The molecule has 0 spiro atoms. The summed E-state index contributed by atoms with van der Waals surface area (Å²) in [6, 6.07) is 0.500. The van der Waals surface area contributed by atoms with Crippen LogP contribution in [0.5, 0.6) is 0 Å². The maximum absolute atomic E-state index is 13.9. The molecule has 0 bridgehead atoms. The molecule has 1 N–H and O–H groups in total. The lowest BCUT2D eigenvalue weighted by atomic mass is 9.95. The molecule has 2 atom stereocenters. The van der Waals surface area contributed by atoms with E-state index in [2.05, 4.69) is 0 Å². The van der Waals surface area contributed by atoms with Crippen LogP contribution in [0, 0.1) is 5.21 Å². The van der Waals surface area contributed by atoms with Crippen molar-refractivity contribution in [3.8, 4) is 0 Å².